The number of likely N-dealkylation sites (N-methyl/N-ethyl adjacent to an activating group) is 1. The van der Waals surface area contributed by atoms with E-state index in [0.29, 0.717) is 6.04 Å². The van der Waals surface area contributed by atoms with E-state index in [1.54, 1.807) is 0 Å². The lowest BCUT2D eigenvalue weighted by Crippen LogP contribution is -2.32. The summed E-state index contributed by atoms with van der Waals surface area (Å²) in [6, 6.07) is 0.371. The normalized spacial score (nSPS) is 13.4. The molecular weight excluding hydrogens is 188 g/mol. The minimum atomic E-state index is 0.371. The molecule has 0 saturated heterocycles. The van der Waals surface area contributed by atoms with Crippen molar-refractivity contribution in [3.63, 3.8) is 0 Å². The van der Waals surface area contributed by atoms with Gasteiger partial charge in [0.1, 0.15) is 0 Å². The van der Waals surface area contributed by atoms with Crippen LogP contribution in [0.4, 0.5) is 0 Å². The van der Waals surface area contributed by atoms with Crippen LogP contribution in [0, 0.1) is 0 Å². The van der Waals surface area contributed by atoms with Gasteiger partial charge in [-0.1, -0.05) is 20.3 Å². The average molecular weight is 216 g/mol. The highest BCUT2D eigenvalue weighted by atomic mass is 16.5. The van der Waals surface area contributed by atoms with Gasteiger partial charge in [0.15, 0.2) is 0 Å². The fourth-order valence-corrected chi connectivity index (χ4v) is 1.63. The van der Waals surface area contributed by atoms with E-state index < -0.39 is 0 Å². The number of nitrogens with two attached hydrogens (primary N) is 1. The van der Waals surface area contributed by atoms with E-state index >= 15 is 0 Å². The molecule has 0 aliphatic carbocycles. The molecule has 1 unspecified atom stereocenters. The molecule has 15 heavy (non-hydrogen) atoms. The Kier molecular flexibility index (Phi) is 10.3. The molecule has 0 rings (SSSR count). The minimum absolute atomic E-state index is 0.371. The van der Waals surface area contributed by atoms with Gasteiger partial charge in [-0.05, 0) is 32.9 Å². The van der Waals surface area contributed by atoms with Gasteiger partial charge >= 0.3 is 0 Å². The van der Waals surface area contributed by atoms with Gasteiger partial charge in [0.25, 0.3) is 0 Å². The van der Waals surface area contributed by atoms with Gasteiger partial charge in [-0.15, -0.1) is 0 Å². The summed E-state index contributed by atoms with van der Waals surface area (Å²) >= 11 is 0. The lowest BCUT2D eigenvalue weighted by molar-refractivity contribution is 0.114. The molecule has 92 valence electrons. The highest BCUT2D eigenvalue weighted by molar-refractivity contribution is 4.64. The predicted octanol–water partition coefficient (Wildman–Crippen LogP) is 1.86. The molecule has 2 N–H and O–H groups in total. The zero-order valence-corrected chi connectivity index (χ0v) is 10.7. The molecule has 0 saturated carbocycles. The Morgan fingerprint density at radius 2 is 1.87 bits per heavy atom. The van der Waals surface area contributed by atoms with Crippen molar-refractivity contribution in [3.8, 4) is 0 Å². The van der Waals surface area contributed by atoms with Gasteiger partial charge in [-0.25, -0.2) is 0 Å². The molecule has 0 fully saturated rings. The molecule has 0 aromatic rings. The highest BCUT2D eigenvalue weighted by Crippen LogP contribution is 2.00. The molecule has 0 bridgehead atoms. The number of nitrogens with zero attached hydrogens (tertiary/aromatic N) is 1. The summed E-state index contributed by atoms with van der Waals surface area (Å²) in [4.78, 5) is 2.41. The molecule has 0 spiro atoms. The Morgan fingerprint density at radius 3 is 2.40 bits per heavy atom. The molecule has 3 nitrogen and oxygen atoms in total. The fraction of sp³-hybridized carbons (Fsp3) is 1.00. The predicted molar refractivity (Wildman–Crippen MR) is 66.1 cm³/mol. The standard InChI is InChI=1S/C12H28N2O/c1-4-7-12(13)8-9-14(5-2)10-11-15-6-3/h12H,4-11,13H2,1-3H3. The first-order chi connectivity index (χ1) is 7.24. The minimum Gasteiger partial charge on any atom is -0.380 e. The van der Waals surface area contributed by atoms with E-state index in [0.717, 1.165) is 45.7 Å². The van der Waals surface area contributed by atoms with Crippen LogP contribution >= 0.6 is 0 Å². The smallest absolute Gasteiger partial charge is 0.0593 e. The Hall–Kier alpha value is -0.120. The van der Waals surface area contributed by atoms with Crippen molar-refractivity contribution in [2.45, 2.75) is 46.1 Å². The highest BCUT2D eigenvalue weighted by Gasteiger charge is 2.05. The lowest BCUT2D eigenvalue weighted by atomic mass is 10.1. The molecule has 0 amide bonds. The van der Waals surface area contributed by atoms with Crippen LogP contribution in [-0.2, 0) is 4.74 Å². The van der Waals surface area contributed by atoms with E-state index in [1.807, 2.05) is 6.92 Å². The van der Waals surface area contributed by atoms with Crippen molar-refractivity contribution < 1.29 is 4.74 Å². The van der Waals surface area contributed by atoms with Crippen LogP contribution in [0.5, 0.6) is 0 Å². The Balaban J connectivity index is 3.51. The molecule has 1 atom stereocenters. The maximum Gasteiger partial charge on any atom is 0.0593 e. The van der Waals surface area contributed by atoms with Crippen molar-refractivity contribution >= 4 is 0 Å². The number of hydrogen-bond acceptors (Lipinski definition) is 3. The molecule has 0 aromatic carbocycles. The summed E-state index contributed by atoms with van der Waals surface area (Å²) in [7, 11) is 0. The maximum atomic E-state index is 5.98. The van der Waals surface area contributed by atoms with E-state index in [-0.39, 0.29) is 0 Å². The Labute approximate surface area is 95.0 Å². The molecule has 0 aromatic heterocycles. The fourth-order valence-electron chi connectivity index (χ4n) is 1.63. The topological polar surface area (TPSA) is 38.5 Å². The van der Waals surface area contributed by atoms with E-state index in [9.17, 15) is 0 Å². The molecule has 0 aliphatic heterocycles. The monoisotopic (exact) mass is 216 g/mol. The van der Waals surface area contributed by atoms with Crippen LogP contribution in [0.3, 0.4) is 0 Å². The molecule has 0 aliphatic rings. The first kappa shape index (κ1) is 14.9. The zero-order valence-electron chi connectivity index (χ0n) is 10.7. The first-order valence-electron chi connectivity index (χ1n) is 6.30. The maximum absolute atomic E-state index is 5.98. The van der Waals surface area contributed by atoms with Crippen LogP contribution in [0.2, 0.25) is 0 Å². The average Bonchev–Trinajstić information content (AvgIpc) is 2.23. The Bertz CT molecular complexity index is 131. The van der Waals surface area contributed by atoms with Gasteiger partial charge < -0.3 is 15.4 Å². The van der Waals surface area contributed by atoms with E-state index in [4.69, 9.17) is 10.5 Å². The summed E-state index contributed by atoms with van der Waals surface area (Å²) in [5.41, 5.74) is 5.98. The summed E-state index contributed by atoms with van der Waals surface area (Å²) in [6.45, 7) is 11.3. The first-order valence-corrected chi connectivity index (χ1v) is 6.30. The van der Waals surface area contributed by atoms with E-state index in [1.165, 1.54) is 6.42 Å². The Morgan fingerprint density at radius 1 is 1.13 bits per heavy atom. The summed E-state index contributed by atoms with van der Waals surface area (Å²) < 4.78 is 5.35. The SMILES string of the molecule is CCCC(N)CCN(CC)CCOCC. The third-order valence-corrected chi connectivity index (χ3v) is 2.68. The van der Waals surface area contributed by atoms with Gasteiger partial charge in [-0.3, -0.25) is 0 Å². The second-order valence-electron chi connectivity index (χ2n) is 3.97. The largest absolute Gasteiger partial charge is 0.380 e. The van der Waals surface area contributed by atoms with Crippen LogP contribution in [0.15, 0.2) is 0 Å². The second-order valence-corrected chi connectivity index (χ2v) is 3.97. The quantitative estimate of drug-likeness (QED) is 0.567. The van der Waals surface area contributed by atoms with Crippen LogP contribution < -0.4 is 5.73 Å². The van der Waals surface area contributed by atoms with Crippen molar-refractivity contribution in [1.82, 2.24) is 4.90 Å². The van der Waals surface area contributed by atoms with E-state index in [2.05, 4.69) is 18.7 Å². The number of ether oxygens (including phenoxy) is 1. The van der Waals surface area contributed by atoms with Gasteiger partial charge in [0.05, 0.1) is 6.61 Å². The number of rotatable bonds is 10. The van der Waals surface area contributed by atoms with Gasteiger partial charge in [-0.2, -0.15) is 0 Å². The van der Waals surface area contributed by atoms with Crippen LogP contribution in [0.25, 0.3) is 0 Å². The number of hydrogen-bond donors (Lipinski definition) is 1. The third kappa shape index (κ3) is 8.85. The zero-order chi connectivity index (χ0) is 11.5. The molecule has 3 heteroatoms. The van der Waals surface area contributed by atoms with Crippen molar-refractivity contribution in [2.24, 2.45) is 5.73 Å². The molecule has 0 radical (unpaired) electrons. The van der Waals surface area contributed by atoms with Crippen molar-refractivity contribution in [2.75, 3.05) is 32.8 Å². The van der Waals surface area contributed by atoms with Crippen LogP contribution in [-0.4, -0.2) is 43.8 Å². The molecule has 0 heterocycles. The molecular formula is C12H28N2O. The lowest BCUT2D eigenvalue weighted by Gasteiger charge is -2.22. The van der Waals surface area contributed by atoms with Crippen molar-refractivity contribution in [1.29, 1.82) is 0 Å². The van der Waals surface area contributed by atoms with Crippen LogP contribution in [0.1, 0.15) is 40.0 Å². The van der Waals surface area contributed by atoms with Gasteiger partial charge in [0, 0.05) is 19.2 Å². The summed E-state index contributed by atoms with van der Waals surface area (Å²) in [6.07, 6.45) is 3.43. The van der Waals surface area contributed by atoms with Gasteiger partial charge in [0.2, 0.25) is 0 Å². The summed E-state index contributed by atoms with van der Waals surface area (Å²) in [5, 5.41) is 0. The van der Waals surface area contributed by atoms with Crippen molar-refractivity contribution in [3.05, 3.63) is 0 Å². The third-order valence-electron chi connectivity index (χ3n) is 2.68. The summed E-state index contributed by atoms with van der Waals surface area (Å²) in [5.74, 6) is 0. The second kappa shape index (κ2) is 10.4.